The second-order valence-electron chi connectivity index (χ2n) is 6.77. The Balaban J connectivity index is 2.54. The van der Waals surface area contributed by atoms with Gasteiger partial charge in [0.2, 0.25) is 5.91 Å². The van der Waals surface area contributed by atoms with Gasteiger partial charge in [-0.2, -0.15) is 0 Å². The molecule has 134 valence electrons. The van der Waals surface area contributed by atoms with Gasteiger partial charge in [-0.15, -0.1) is 0 Å². The lowest BCUT2D eigenvalue weighted by molar-refractivity contribution is -0.923. The molecule has 0 aliphatic carbocycles. The molecule has 0 atom stereocenters. The Kier molecular flexibility index (Phi) is 6.38. The van der Waals surface area contributed by atoms with E-state index in [0.717, 1.165) is 41.8 Å². The second kappa shape index (κ2) is 8.30. The molecule has 0 aliphatic rings. The number of benzene rings is 2. The maximum atomic E-state index is 12.8. The predicted octanol–water partition coefficient (Wildman–Crippen LogP) is 3.72. The third-order valence-corrected chi connectivity index (χ3v) is 5.93. The number of rotatable bonds is 9. The third-order valence-electron chi connectivity index (χ3n) is 5.93. The molecule has 0 radical (unpaired) electrons. The maximum Gasteiger partial charge on any atom is 0.232 e. The van der Waals surface area contributed by atoms with Crippen molar-refractivity contribution in [2.24, 2.45) is 5.73 Å². The molecule has 2 rings (SSSR count). The molecule has 0 aromatic heterocycles. The molecule has 25 heavy (non-hydrogen) atoms. The van der Waals surface area contributed by atoms with Gasteiger partial charge in [-0.05, 0) is 31.9 Å². The van der Waals surface area contributed by atoms with E-state index in [1.54, 1.807) is 0 Å². The van der Waals surface area contributed by atoms with Crippen molar-refractivity contribution >= 4 is 5.91 Å². The van der Waals surface area contributed by atoms with Crippen molar-refractivity contribution in [1.29, 1.82) is 0 Å². The van der Waals surface area contributed by atoms with E-state index >= 15 is 0 Å². The minimum absolute atomic E-state index is 0.272. The zero-order valence-electron chi connectivity index (χ0n) is 15.7. The van der Waals surface area contributed by atoms with Gasteiger partial charge in [0.25, 0.3) is 0 Å². The Bertz CT molecular complexity index is 615. The number of carbonyl (C=O) groups excluding carboxylic acids is 1. The summed E-state index contributed by atoms with van der Waals surface area (Å²) in [5.74, 6) is -0.272. The van der Waals surface area contributed by atoms with Crippen LogP contribution in [0.1, 0.15) is 38.3 Å². The molecule has 0 bridgehead atoms. The fourth-order valence-electron chi connectivity index (χ4n) is 3.86. The minimum atomic E-state index is -0.786. The van der Waals surface area contributed by atoms with Crippen LogP contribution in [-0.4, -0.2) is 36.6 Å². The number of primary amides is 1. The van der Waals surface area contributed by atoms with E-state index < -0.39 is 5.41 Å². The molecule has 0 saturated heterocycles. The summed E-state index contributed by atoms with van der Waals surface area (Å²) in [5, 5.41) is 0. The van der Waals surface area contributed by atoms with Crippen LogP contribution in [-0.2, 0) is 10.2 Å². The highest BCUT2D eigenvalue weighted by Gasteiger charge is 2.42. The highest BCUT2D eigenvalue weighted by atomic mass is 16.1. The Hall–Kier alpha value is -2.13. The molecule has 0 heterocycles. The van der Waals surface area contributed by atoms with Gasteiger partial charge in [0.1, 0.15) is 5.41 Å². The smallest absolute Gasteiger partial charge is 0.232 e. The lowest BCUT2D eigenvalue weighted by atomic mass is 9.71. The largest absolute Gasteiger partial charge is 0.369 e. The van der Waals surface area contributed by atoms with Crippen molar-refractivity contribution in [3.8, 4) is 0 Å². The van der Waals surface area contributed by atoms with Crippen molar-refractivity contribution in [3.05, 3.63) is 71.8 Å². The van der Waals surface area contributed by atoms with Crippen LogP contribution in [0.5, 0.6) is 0 Å². The molecule has 2 N–H and O–H groups in total. The first-order chi connectivity index (χ1) is 12.0. The molecular weight excluding hydrogens is 308 g/mol. The zero-order valence-corrected chi connectivity index (χ0v) is 15.7. The topological polar surface area (TPSA) is 43.1 Å². The standard InChI is InChI=1S/C22H30N2O/c1-4-24(5-2,6-3)18-17-22(21(23)25,19-13-9-7-10-14-19)20-15-11-8-12-16-20/h7-16H,4-6,17-18H2,1-3H3,(H-,23,25)/p+1. The van der Waals surface area contributed by atoms with Crippen LogP contribution in [0.15, 0.2) is 60.7 Å². The van der Waals surface area contributed by atoms with Gasteiger partial charge in [0.15, 0.2) is 0 Å². The van der Waals surface area contributed by atoms with Gasteiger partial charge < -0.3 is 10.2 Å². The summed E-state index contributed by atoms with van der Waals surface area (Å²) in [6.07, 6.45) is 0.714. The molecule has 2 aromatic rings. The first kappa shape index (κ1) is 19.2. The van der Waals surface area contributed by atoms with E-state index in [1.807, 2.05) is 60.7 Å². The molecule has 0 saturated carbocycles. The SMILES string of the molecule is CC[N+](CC)(CC)CCC(C(N)=O)(c1ccccc1)c1ccccc1. The molecule has 2 aromatic carbocycles. The van der Waals surface area contributed by atoms with Crippen molar-refractivity contribution < 1.29 is 9.28 Å². The number of carbonyl (C=O) groups is 1. The first-order valence-electron chi connectivity index (χ1n) is 9.30. The van der Waals surface area contributed by atoms with E-state index in [-0.39, 0.29) is 5.91 Å². The predicted molar refractivity (Wildman–Crippen MR) is 104 cm³/mol. The quantitative estimate of drug-likeness (QED) is 0.695. The monoisotopic (exact) mass is 339 g/mol. The number of nitrogens with zero attached hydrogens (tertiary/aromatic N) is 1. The van der Waals surface area contributed by atoms with Gasteiger partial charge in [-0.25, -0.2) is 0 Å². The molecule has 0 fully saturated rings. The van der Waals surface area contributed by atoms with Gasteiger partial charge in [0.05, 0.1) is 26.2 Å². The lowest BCUT2D eigenvalue weighted by Crippen LogP contribution is -2.52. The van der Waals surface area contributed by atoms with Crippen molar-refractivity contribution in [1.82, 2.24) is 0 Å². The molecule has 3 heteroatoms. The first-order valence-corrected chi connectivity index (χ1v) is 9.30. The summed E-state index contributed by atoms with van der Waals surface area (Å²) < 4.78 is 0.995. The summed E-state index contributed by atoms with van der Waals surface area (Å²) in [7, 11) is 0. The third kappa shape index (κ3) is 3.77. The summed E-state index contributed by atoms with van der Waals surface area (Å²) >= 11 is 0. The highest BCUT2D eigenvalue weighted by molar-refractivity contribution is 5.90. The molecule has 0 spiro atoms. The maximum absolute atomic E-state index is 12.8. The number of quaternary nitrogens is 1. The average molecular weight is 340 g/mol. The summed E-state index contributed by atoms with van der Waals surface area (Å²) in [5.41, 5.74) is 7.22. The Morgan fingerprint density at radius 1 is 0.840 bits per heavy atom. The minimum Gasteiger partial charge on any atom is -0.369 e. The number of amides is 1. The Morgan fingerprint density at radius 2 is 1.24 bits per heavy atom. The van der Waals surface area contributed by atoms with E-state index in [9.17, 15) is 4.79 Å². The summed E-state index contributed by atoms with van der Waals surface area (Å²) in [4.78, 5) is 12.8. The Labute approximate surface area is 152 Å². The molecule has 0 unspecified atom stereocenters. The Morgan fingerprint density at radius 3 is 1.56 bits per heavy atom. The molecule has 1 amide bonds. The molecular formula is C22H31N2O+. The van der Waals surface area contributed by atoms with Gasteiger partial charge in [-0.1, -0.05) is 60.7 Å². The van der Waals surface area contributed by atoms with Crippen LogP contribution in [0.4, 0.5) is 0 Å². The number of nitrogens with two attached hydrogens (primary N) is 1. The zero-order chi connectivity index (χ0) is 18.3. The van der Waals surface area contributed by atoms with E-state index in [0.29, 0.717) is 6.42 Å². The van der Waals surface area contributed by atoms with Gasteiger partial charge in [-0.3, -0.25) is 4.79 Å². The highest BCUT2D eigenvalue weighted by Crippen LogP contribution is 2.36. The summed E-state index contributed by atoms with van der Waals surface area (Å²) in [6.45, 7) is 10.8. The van der Waals surface area contributed by atoms with Crippen LogP contribution in [0.2, 0.25) is 0 Å². The fourth-order valence-corrected chi connectivity index (χ4v) is 3.86. The van der Waals surface area contributed by atoms with Gasteiger partial charge >= 0.3 is 0 Å². The summed E-state index contributed by atoms with van der Waals surface area (Å²) in [6, 6.07) is 20.0. The molecule has 0 aliphatic heterocycles. The van der Waals surface area contributed by atoms with Crippen LogP contribution in [0, 0.1) is 0 Å². The number of hydrogen-bond acceptors (Lipinski definition) is 1. The molecule has 3 nitrogen and oxygen atoms in total. The van der Waals surface area contributed by atoms with E-state index in [1.165, 1.54) is 0 Å². The second-order valence-corrected chi connectivity index (χ2v) is 6.77. The van der Waals surface area contributed by atoms with Crippen molar-refractivity contribution in [2.75, 3.05) is 26.2 Å². The van der Waals surface area contributed by atoms with Crippen LogP contribution >= 0.6 is 0 Å². The fraction of sp³-hybridized carbons (Fsp3) is 0.409. The van der Waals surface area contributed by atoms with E-state index in [2.05, 4.69) is 20.8 Å². The number of hydrogen-bond donors (Lipinski definition) is 1. The van der Waals surface area contributed by atoms with Crippen LogP contribution in [0.3, 0.4) is 0 Å². The average Bonchev–Trinajstić information content (AvgIpc) is 2.67. The lowest BCUT2D eigenvalue weighted by Gasteiger charge is -2.40. The van der Waals surface area contributed by atoms with Crippen LogP contribution < -0.4 is 5.73 Å². The normalized spacial score (nSPS) is 12.1. The van der Waals surface area contributed by atoms with Crippen LogP contribution in [0.25, 0.3) is 0 Å². The van der Waals surface area contributed by atoms with Crippen molar-refractivity contribution in [3.63, 3.8) is 0 Å². The van der Waals surface area contributed by atoms with Crippen molar-refractivity contribution in [2.45, 2.75) is 32.6 Å². The van der Waals surface area contributed by atoms with Gasteiger partial charge in [0, 0.05) is 6.42 Å². The van der Waals surface area contributed by atoms with E-state index in [4.69, 9.17) is 5.73 Å².